The van der Waals surface area contributed by atoms with Crippen LogP contribution in [0.15, 0.2) is 5.11 Å². The lowest BCUT2D eigenvalue weighted by atomic mass is 10.00. The summed E-state index contributed by atoms with van der Waals surface area (Å²) in [6.45, 7) is 4.33. The van der Waals surface area contributed by atoms with Gasteiger partial charge in [0.1, 0.15) is 6.10 Å². The Kier molecular flexibility index (Phi) is 6.52. The van der Waals surface area contributed by atoms with Crippen LogP contribution in [0, 0.1) is 0 Å². The van der Waals surface area contributed by atoms with Gasteiger partial charge in [-0.3, -0.25) is 14.4 Å². The largest absolute Gasteiger partial charge is 0.457 e. The molecule has 0 spiro atoms. The molecule has 0 aliphatic carbocycles. The Morgan fingerprint density at radius 3 is 2.29 bits per heavy atom. The molecular weight excluding hydrogens is 326 g/mol. The third-order valence-electron chi connectivity index (χ3n) is 3.26. The van der Waals surface area contributed by atoms with Crippen molar-refractivity contribution in [1.29, 1.82) is 0 Å². The highest BCUT2D eigenvalue weighted by atomic mass is 16.7. The number of hydrogen-bond donors (Lipinski definition) is 1. The molecule has 0 aromatic carbocycles. The van der Waals surface area contributed by atoms with Crippen LogP contribution in [0.3, 0.4) is 0 Å². The van der Waals surface area contributed by atoms with Crippen LogP contribution >= 0.6 is 0 Å². The van der Waals surface area contributed by atoms with Gasteiger partial charge in [-0.2, -0.15) is 0 Å². The summed E-state index contributed by atoms with van der Waals surface area (Å²) in [4.78, 5) is 36.4. The van der Waals surface area contributed by atoms with Gasteiger partial charge in [-0.05, 0) is 12.5 Å². The quantitative estimate of drug-likeness (QED) is 0.235. The van der Waals surface area contributed by atoms with Crippen molar-refractivity contribution in [3.05, 3.63) is 10.4 Å². The highest BCUT2D eigenvalue weighted by Crippen LogP contribution is 2.37. The van der Waals surface area contributed by atoms with E-state index in [2.05, 4.69) is 10.0 Å². The van der Waals surface area contributed by atoms with E-state index in [1.807, 2.05) is 0 Å². The fourth-order valence-electron chi connectivity index (χ4n) is 2.39. The van der Waals surface area contributed by atoms with Crippen LogP contribution in [0.1, 0.15) is 27.7 Å². The van der Waals surface area contributed by atoms with Crippen LogP contribution in [-0.2, 0) is 33.3 Å². The summed E-state index contributed by atoms with van der Waals surface area (Å²) in [5.74, 6) is -4.49. The first-order valence-electron chi connectivity index (χ1n) is 7.04. The first-order chi connectivity index (χ1) is 11.1. The fraction of sp³-hybridized carbons (Fsp3) is 0.769. The van der Waals surface area contributed by atoms with Gasteiger partial charge in [0.15, 0.2) is 18.3 Å². The molecule has 0 bridgehead atoms. The molecule has 11 heteroatoms. The van der Waals surface area contributed by atoms with E-state index >= 15 is 0 Å². The Morgan fingerprint density at radius 1 is 1.25 bits per heavy atom. The Balaban J connectivity index is 3.23. The molecule has 11 nitrogen and oxygen atoms in total. The highest BCUT2D eigenvalue weighted by molar-refractivity contribution is 5.68. The van der Waals surface area contributed by atoms with E-state index in [0.717, 1.165) is 20.8 Å². The van der Waals surface area contributed by atoms with Gasteiger partial charge in [0.25, 0.3) is 0 Å². The van der Waals surface area contributed by atoms with Gasteiger partial charge >= 0.3 is 17.9 Å². The molecule has 0 aromatic heterocycles. The van der Waals surface area contributed by atoms with Crippen molar-refractivity contribution < 1.29 is 38.4 Å². The molecule has 0 amide bonds. The molecule has 0 saturated carbocycles. The van der Waals surface area contributed by atoms with Gasteiger partial charge in [0.2, 0.25) is 5.79 Å². The van der Waals surface area contributed by atoms with E-state index in [-0.39, 0.29) is 6.54 Å². The normalized spacial score (nSPS) is 30.0. The smallest absolute Gasteiger partial charge is 0.303 e. The SMILES string of the molecule is CC(=O)OC(C)[C@]1(O)O[C@H](CN=[N+]=[N-])[C@@H](OC(C)=O)[C@@H]1OC(C)=O. The number of ether oxygens (including phenoxy) is 4. The molecule has 1 rings (SSSR count). The van der Waals surface area contributed by atoms with Gasteiger partial charge in [-0.1, -0.05) is 5.11 Å². The molecule has 0 aromatic rings. The predicted molar refractivity (Wildman–Crippen MR) is 76.2 cm³/mol. The van der Waals surface area contributed by atoms with E-state index in [4.69, 9.17) is 24.5 Å². The maximum absolute atomic E-state index is 11.4. The third kappa shape index (κ3) is 4.57. The highest BCUT2D eigenvalue weighted by Gasteiger charge is 2.62. The molecule has 0 radical (unpaired) electrons. The number of carbonyl (C=O) groups excluding carboxylic acids is 3. The van der Waals surface area contributed by atoms with Crippen LogP contribution in [0.25, 0.3) is 10.4 Å². The van der Waals surface area contributed by atoms with Crippen molar-refractivity contribution in [3.63, 3.8) is 0 Å². The first-order valence-corrected chi connectivity index (χ1v) is 7.04. The third-order valence-corrected chi connectivity index (χ3v) is 3.26. The molecule has 1 unspecified atom stereocenters. The summed E-state index contributed by atoms with van der Waals surface area (Å²) in [5, 5.41) is 14.1. The topological polar surface area (TPSA) is 157 Å². The van der Waals surface area contributed by atoms with Crippen molar-refractivity contribution in [2.45, 2.75) is 57.9 Å². The summed E-state index contributed by atoms with van der Waals surface area (Å²) in [6, 6.07) is 0. The Bertz CT molecular complexity index is 561. The molecule has 5 atom stereocenters. The first kappa shape index (κ1) is 19.7. The lowest BCUT2D eigenvalue weighted by molar-refractivity contribution is -0.278. The zero-order chi connectivity index (χ0) is 18.5. The van der Waals surface area contributed by atoms with E-state index in [1.165, 1.54) is 6.92 Å². The van der Waals surface area contributed by atoms with Crippen molar-refractivity contribution in [2.75, 3.05) is 6.54 Å². The average molecular weight is 345 g/mol. The van der Waals surface area contributed by atoms with E-state index in [0.29, 0.717) is 0 Å². The molecule has 1 aliphatic rings. The van der Waals surface area contributed by atoms with Crippen LogP contribution < -0.4 is 0 Å². The van der Waals surface area contributed by atoms with E-state index in [1.54, 1.807) is 0 Å². The molecule has 1 saturated heterocycles. The van der Waals surface area contributed by atoms with Crippen LogP contribution in [0.4, 0.5) is 0 Å². The average Bonchev–Trinajstić information content (AvgIpc) is 2.69. The predicted octanol–water partition coefficient (Wildman–Crippen LogP) is 0.199. The Labute approximate surface area is 137 Å². The minimum absolute atomic E-state index is 0.304. The molecule has 1 N–H and O–H groups in total. The number of aliphatic hydroxyl groups is 1. The van der Waals surface area contributed by atoms with Crippen LogP contribution in [0.2, 0.25) is 0 Å². The number of esters is 3. The number of carbonyl (C=O) groups is 3. The van der Waals surface area contributed by atoms with Crippen LogP contribution in [0.5, 0.6) is 0 Å². The van der Waals surface area contributed by atoms with Crippen LogP contribution in [-0.4, -0.2) is 59.8 Å². The van der Waals surface area contributed by atoms with Crippen molar-refractivity contribution in [2.24, 2.45) is 5.11 Å². The number of nitrogens with zero attached hydrogens (tertiary/aromatic N) is 3. The lowest BCUT2D eigenvalue weighted by Gasteiger charge is -2.33. The van der Waals surface area contributed by atoms with Crippen molar-refractivity contribution in [3.8, 4) is 0 Å². The molecule has 134 valence electrons. The second-order valence-corrected chi connectivity index (χ2v) is 5.18. The lowest BCUT2D eigenvalue weighted by Crippen LogP contribution is -2.54. The van der Waals surface area contributed by atoms with Crippen molar-refractivity contribution in [1.82, 2.24) is 0 Å². The minimum atomic E-state index is -2.28. The number of hydrogen-bond acceptors (Lipinski definition) is 9. The second-order valence-electron chi connectivity index (χ2n) is 5.18. The molecule has 1 aliphatic heterocycles. The number of azide groups is 1. The van der Waals surface area contributed by atoms with E-state index in [9.17, 15) is 19.5 Å². The van der Waals surface area contributed by atoms with Gasteiger partial charge in [0, 0.05) is 25.7 Å². The monoisotopic (exact) mass is 345 g/mol. The maximum atomic E-state index is 11.4. The standard InChI is InChI=1S/C13H19N3O8/c1-6(21-7(2)17)13(20)12(23-9(4)19)11(22-8(3)18)10(24-13)5-15-16-14/h6,10-12,20H,5H2,1-4H3/t6?,10-,11-,12+,13+/m1/s1. The minimum Gasteiger partial charge on any atom is -0.457 e. The zero-order valence-electron chi connectivity index (χ0n) is 13.7. The molecular formula is C13H19N3O8. The number of rotatable bonds is 6. The summed E-state index contributed by atoms with van der Waals surface area (Å²) in [6.07, 6.45) is -5.09. The summed E-state index contributed by atoms with van der Waals surface area (Å²) < 4.78 is 20.4. The zero-order valence-corrected chi connectivity index (χ0v) is 13.7. The summed E-state index contributed by atoms with van der Waals surface area (Å²) >= 11 is 0. The van der Waals surface area contributed by atoms with Gasteiger partial charge in [-0.25, -0.2) is 0 Å². The summed E-state index contributed by atoms with van der Waals surface area (Å²) in [7, 11) is 0. The fourth-order valence-corrected chi connectivity index (χ4v) is 2.39. The van der Waals surface area contributed by atoms with Gasteiger partial charge in [0.05, 0.1) is 6.54 Å². The second kappa shape index (κ2) is 7.95. The summed E-state index contributed by atoms with van der Waals surface area (Å²) in [5.41, 5.74) is 8.44. The molecule has 24 heavy (non-hydrogen) atoms. The van der Waals surface area contributed by atoms with Gasteiger partial charge < -0.3 is 24.1 Å². The maximum Gasteiger partial charge on any atom is 0.303 e. The Morgan fingerprint density at radius 2 is 1.83 bits per heavy atom. The Hall–Kier alpha value is -2.36. The van der Waals surface area contributed by atoms with Crippen molar-refractivity contribution >= 4 is 17.9 Å². The molecule has 1 fully saturated rings. The van der Waals surface area contributed by atoms with E-state index < -0.39 is 48.1 Å². The molecule has 1 heterocycles. The van der Waals surface area contributed by atoms with Gasteiger partial charge in [-0.15, -0.1) is 0 Å².